The summed E-state index contributed by atoms with van der Waals surface area (Å²) in [5, 5.41) is 12.9. The standard InChI is InChI=1S/C15H32N2O/c1-4-14-9-6-7-11-17(14)12-8-10-15(3,13-18)16-5-2/h14,16,18H,4-13H2,1-3H3. The smallest absolute Gasteiger partial charge is 0.0610 e. The fourth-order valence-electron chi connectivity index (χ4n) is 3.14. The SMILES string of the molecule is CCNC(C)(CO)CCCN1CCCCC1CC. The van der Waals surface area contributed by atoms with Crippen molar-refractivity contribution in [1.82, 2.24) is 10.2 Å². The molecule has 0 aromatic rings. The van der Waals surface area contributed by atoms with Gasteiger partial charge in [0.2, 0.25) is 0 Å². The lowest BCUT2D eigenvalue weighted by molar-refractivity contribution is 0.124. The predicted molar refractivity (Wildman–Crippen MR) is 77.9 cm³/mol. The second kappa shape index (κ2) is 8.13. The highest BCUT2D eigenvalue weighted by atomic mass is 16.3. The molecule has 2 unspecified atom stereocenters. The molecule has 0 spiro atoms. The van der Waals surface area contributed by atoms with Crippen LogP contribution in [0.3, 0.4) is 0 Å². The van der Waals surface area contributed by atoms with Gasteiger partial charge in [-0.2, -0.15) is 0 Å². The van der Waals surface area contributed by atoms with Crippen molar-refractivity contribution in [3.05, 3.63) is 0 Å². The van der Waals surface area contributed by atoms with Gasteiger partial charge in [-0.15, -0.1) is 0 Å². The van der Waals surface area contributed by atoms with Crippen LogP contribution in [0.2, 0.25) is 0 Å². The Bertz CT molecular complexity index is 223. The van der Waals surface area contributed by atoms with E-state index in [0.717, 1.165) is 19.0 Å². The molecular weight excluding hydrogens is 224 g/mol. The van der Waals surface area contributed by atoms with Crippen molar-refractivity contribution in [2.75, 3.05) is 26.2 Å². The zero-order valence-corrected chi connectivity index (χ0v) is 12.5. The summed E-state index contributed by atoms with van der Waals surface area (Å²) in [6.07, 6.45) is 7.66. The zero-order chi connectivity index (χ0) is 13.4. The fraction of sp³-hybridized carbons (Fsp3) is 1.00. The second-order valence-corrected chi connectivity index (χ2v) is 5.95. The average molecular weight is 256 g/mol. The fourth-order valence-corrected chi connectivity index (χ4v) is 3.14. The minimum Gasteiger partial charge on any atom is -0.394 e. The highest BCUT2D eigenvalue weighted by Gasteiger charge is 2.24. The van der Waals surface area contributed by atoms with E-state index in [0.29, 0.717) is 0 Å². The Labute approximate surface area is 113 Å². The van der Waals surface area contributed by atoms with Crippen LogP contribution in [0.1, 0.15) is 59.3 Å². The maximum Gasteiger partial charge on any atom is 0.0610 e. The molecule has 0 bridgehead atoms. The Morgan fingerprint density at radius 3 is 2.72 bits per heavy atom. The van der Waals surface area contributed by atoms with Crippen molar-refractivity contribution >= 4 is 0 Å². The number of nitrogens with one attached hydrogen (secondary N) is 1. The lowest BCUT2D eigenvalue weighted by Gasteiger charge is -2.36. The summed E-state index contributed by atoms with van der Waals surface area (Å²) < 4.78 is 0. The molecule has 0 radical (unpaired) electrons. The van der Waals surface area contributed by atoms with Crippen molar-refractivity contribution in [1.29, 1.82) is 0 Å². The van der Waals surface area contributed by atoms with E-state index in [9.17, 15) is 5.11 Å². The van der Waals surface area contributed by atoms with Gasteiger partial charge in [0.15, 0.2) is 0 Å². The molecule has 1 saturated heterocycles. The number of aliphatic hydroxyl groups excluding tert-OH is 1. The molecular formula is C15H32N2O. The van der Waals surface area contributed by atoms with E-state index in [2.05, 4.69) is 31.0 Å². The summed E-state index contributed by atoms with van der Waals surface area (Å²) in [6.45, 7) is 10.2. The first-order chi connectivity index (χ1) is 8.65. The van der Waals surface area contributed by atoms with Crippen molar-refractivity contribution < 1.29 is 5.11 Å². The van der Waals surface area contributed by atoms with Gasteiger partial charge in [0, 0.05) is 11.6 Å². The summed E-state index contributed by atoms with van der Waals surface area (Å²) in [6, 6.07) is 0.804. The van der Waals surface area contributed by atoms with Gasteiger partial charge in [-0.3, -0.25) is 0 Å². The van der Waals surface area contributed by atoms with Gasteiger partial charge < -0.3 is 15.3 Å². The van der Waals surface area contributed by atoms with Crippen molar-refractivity contribution in [2.24, 2.45) is 0 Å². The van der Waals surface area contributed by atoms with Gasteiger partial charge in [-0.1, -0.05) is 20.3 Å². The molecule has 1 heterocycles. The van der Waals surface area contributed by atoms with Crippen LogP contribution in [0.25, 0.3) is 0 Å². The summed E-state index contributed by atoms with van der Waals surface area (Å²) in [5.74, 6) is 0. The molecule has 0 aromatic carbocycles. The Morgan fingerprint density at radius 2 is 2.11 bits per heavy atom. The zero-order valence-electron chi connectivity index (χ0n) is 12.5. The van der Waals surface area contributed by atoms with E-state index >= 15 is 0 Å². The number of piperidine rings is 1. The molecule has 1 aliphatic rings. The Balaban J connectivity index is 2.30. The van der Waals surface area contributed by atoms with Gasteiger partial charge in [-0.25, -0.2) is 0 Å². The molecule has 1 aliphatic heterocycles. The molecule has 1 rings (SSSR count). The maximum absolute atomic E-state index is 9.48. The van der Waals surface area contributed by atoms with Crippen LogP contribution >= 0.6 is 0 Å². The first kappa shape index (κ1) is 15.9. The lowest BCUT2D eigenvalue weighted by Crippen LogP contribution is -2.46. The van der Waals surface area contributed by atoms with Gasteiger partial charge in [0.05, 0.1) is 6.61 Å². The van der Waals surface area contributed by atoms with Gasteiger partial charge in [0.25, 0.3) is 0 Å². The molecule has 0 aliphatic carbocycles. The van der Waals surface area contributed by atoms with Gasteiger partial charge >= 0.3 is 0 Å². The molecule has 108 valence electrons. The third-order valence-corrected chi connectivity index (χ3v) is 4.35. The Hall–Kier alpha value is -0.120. The van der Waals surface area contributed by atoms with Crippen LogP contribution < -0.4 is 5.32 Å². The number of hydrogen-bond acceptors (Lipinski definition) is 3. The van der Waals surface area contributed by atoms with Crippen LogP contribution in [-0.4, -0.2) is 47.8 Å². The number of likely N-dealkylation sites (tertiary alicyclic amines) is 1. The van der Waals surface area contributed by atoms with Gasteiger partial charge in [-0.05, 0) is 58.7 Å². The van der Waals surface area contributed by atoms with Crippen LogP contribution in [-0.2, 0) is 0 Å². The lowest BCUT2D eigenvalue weighted by atomic mass is 9.95. The maximum atomic E-state index is 9.48. The van der Waals surface area contributed by atoms with E-state index in [-0.39, 0.29) is 12.1 Å². The van der Waals surface area contributed by atoms with Crippen LogP contribution in [0.5, 0.6) is 0 Å². The molecule has 3 heteroatoms. The largest absolute Gasteiger partial charge is 0.394 e. The van der Waals surface area contributed by atoms with Crippen molar-refractivity contribution in [3.63, 3.8) is 0 Å². The third-order valence-electron chi connectivity index (χ3n) is 4.35. The first-order valence-electron chi connectivity index (χ1n) is 7.75. The number of aliphatic hydroxyl groups is 1. The molecule has 0 aromatic heterocycles. The van der Waals surface area contributed by atoms with Crippen LogP contribution in [0.15, 0.2) is 0 Å². The first-order valence-corrected chi connectivity index (χ1v) is 7.75. The molecule has 2 atom stereocenters. The third kappa shape index (κ3) is 4.87. The minimum atomic E-state index is -0.0910. The van der Waals surface area contributed by atoms with Crippen LogP contribution in [0, 0.1) is 0 Å². The summed E-state index contributed by atoms with van der Waals surface area (Å²) in [7, 11) is 0. The Kier molecular flexibility index (Phi) is 7.20. The molecule has 18 heavy (non-hydrogen) atoms. The van der Waals surface area contributed by atoms with E-state index in [1.165, 1.54) is 45.2 Å². The molecule has 3 nitrogen and oxygen atoms in total. The van der Waals surface area contributed by atoms with Crippen molar-refractivity contribution in [2.45, 2.75) is 70.9 Å². The van der Waals surface area contributed by atoms with E-state index in [4.69, 9.17) is 0 Å². The monoisotopic (exact) mass is 256 g/mol. The summed E-state index contributed by atoms with van der Waals surface area (Å²) in [5.41, 5.74) is -0.0910. The highest BCUT2D eigenvalue weighted by molar-refractivity contribution is 4.83. The Morgan fingerprint density at radius 1 is 1.33 bits per heavy atom. The average Bonchev–Trinajstić information content (AvgIpc) is 2.39. The van der Waals surface area contributed by atoms with Crippen molar-refractivity contribution in [3.8, 4) is 0 Å². The molecule has 0 saturated carbocycles. The number of likely N-dealkylation sites (N-methyl/N-ethyl adjacent to an activating group) is 1. The normalized spacial score (nSPS) is 25.0. The van der Waals surface area contributed by atoms with E-state index < -0.39 is 0 Å². The number of rotatable bonds is 8. The topological polar surface area (TPSA) is 35.5 Å². The summed E-state index contributed by atoms with van der Waals surface area (Å²) in [4.78, 5) is 2.66. The highest BCUT2D eigenvalue weighted by Crippen LogP contribution is 2.21. The number of nitrogens with zero attached hydrogens (tertiary/aromatic N) is 1. The van der Waals surface area contributed by atoms with E-state index in [1.54, 1.807) is 0 Å². The molecule has 0 amide bonds. The minimum absolute atomic E-state index is 0.0910. The number of hydrogen-bond donors (Lipinski definition) is 2. The predicted octanol–water partition coefficient (Wildman–Crippen LogP) is 2.39. The molecule has 2 N–H and O–H groups in total. The second-order valence-electron chi connectivity index (χ2n) is 5.95. The quantitative estimate of drug-likeness (QED) is 0.700. The molecule has 1 fully saturated rings. The summed E-state index contributed by atoms with van der Waals surface area (Å²) >= 11 is 0. The van der Waals surface area contributed by atoms with Gasteiger partial charge in [0.1, 0.15) is 0 Å². The van der Waals surface area contributed by atoms with E-state index in [1.807, 2.05) is 0 Å². The van der Waals surface area contributed by atoms with Crippen LogP contribution in [0.4, 0.5) is 0 Å².